The van der Waals surface area contributed by atoms with E-state index in [1.54, 1.807) is 13.0 Å². The SMILES string of the molecule is C=CC(C)(O)CN(CCC(C)C)Cc1ccc(C)o1. The lowest BCUT2D eigenvalue weighted by atomic mass is 10.1. The maximum Gasteiger partial charge on any atom is 0.118 e. The van der Waals surface area contributed by atoms with E-state index >= 15 is 0 Å². The predicted octanol–water partition coefficient (Wildman–Crippen LogP) is 3.37. The van der Waals surface area contributed by atoms with E-state index in [0.717, 1.165) is 31.0 Å². The minimum atomic E-state index is -0.862. The predicted molar refractivity (Wildman–Crippen MR) is 79.0 cm³/mol. The Kier molecular flexibility index (Phi) is 5.83. The van der Waals surface area contributed by atoms with Gasteiger partial charge in [0.2, 0.25) is 0 Å². The van der Waals surface area contributed by atoms with Crippen LogP contribution in [0.5, 0.6) is 0 Å². The molecule has 1 aromatic heterocycles. The van der Waals surface area contributed by atoms with Crippen molar-refractivity contribution in [2.45, 2.75) is 46.3 Å². The Morgan fingerprint density at radius 3 is 2.63 bits per heavy atom. The van der Waals surface area contributed by atoms with E-state index in [1.165, 1.54) is 0 Å². The van der Waals surface area contributed by atoms with E-state index in [0.29, 0.717) is 12.5 Å². The molecule has 19 heavy (non-hydrogen) atoms. The second-order valence-electron chi connectivity index (χ2n) is 5.97. The third kappa shape index (κ3) is 6.08. The number of nitrogens with zero attached hydrogens (tertiary/aromatic N) is 1. The highest BCUT2D eigenvalue weighted by Gasteiger charge is 2.21. The van der Waals surface area contributed by atoms with Crippen molar-refractivity contribution in [3.63, 3.8) is 0 Å². The van der Waals surface area contributed by atoms with Gasteiger partial charge >= 0.3 is 0 Å². The average Bonchev–Trinajstić information content (AvgIpc) is 2.71. The van der Waals surface area contributed by atoms with Crippen LogP contribution in [0.25, 0.3) is 0 Å². The van der Waals surface area contributed by atoms with Crippen LogP contribution in [-0.2, 0) is 6.54 Å². The van der Waals surface area contributed by atoms with Crippen molar-refractivity contribution >= 4 is 0 Å². The van der Waals surface area contributed by atoms with Gasteiger partial charge < -0.3 is 9.52 Å². The fourth-order valence-electron chi connectivity index (χ4n) is 1.96. The molecule has 0 radical (unpaired) electrons. The van der Waals surface area contributed by atoms with Gasteiger partial charge in [-0.2, -0.15) is 0 Å². The second-order valence-corrected chi connectivity index (χ2v) is 5.97. The Balaban J connectivity index is 2.65. The van der Waals surface area contributed by atoms with Gasteiger partial charge in [-0.25, -0.2) is 0 Å². The summed E-state index contributed by atoms with van der Waals surface area (Å²) >= 11 is 0. The Hall–Kier alpha value is -1.06. The highest BCUT2D eigenvalue weighted by molar-refractivity contribution is 5.06. The zero-order chi connectivity index (χ0) is 14.5. The molecule has 1 N–H and O–H groups in total. The third-order valence-electron chi connectivity index (χ3n) is 3.18. The standard InChI is InChI=1S/C16H27NO2/c1-6-16(5,18)12-17(10-9-13(2)3)11-15-8-7-14(4)19-15/h6-8,13,18H,1,9-12H2,2-5H3. The lowest BCUT2D eigenvalue weighted by molar-refractivity contribution is 0.0542. The Morgan fingerprint density at radius 2 is 2.16 bits per heavy atom. The van der Waals surface area contributed by atoms with Gasteiger partial charge in [-0.3, -0.25) is 4.90 Å². The molecule has 1 unspecified atom stereocenters. The highest BCUT2D eigenvalue weighted by Crippen LogP contribution is 2.15. The molecule has 1 heterocycles. The molecule has 0 aliphatic heterocycles. The summed E-state index contributed by atoms with van der Waals surface area (Å²) in [5, 5.41) is 10.2. The third-order valence-corrected chi connectivity index (χ3v) is 3.18. The van der Waals surface area contributed by atoms with Crippen molar-refractivity contribution in [3.05, 3.63) is 36.3 Å². The number of furan rings is 1. The van der Waals surface area contributed by atoms with E-state index in [4.69, 9.17) is 4.42 Å². The summed E-state index contributed by atoms with van der Waals surface area (Å²) in [4.78, 5) is 2.22. The van der Waals surface area contributed by atoms with Crippen LogP contribution in [-0.4, -0.2) is 28.7 Å². The van der Waals surface area contributed by atoms with E-state index in [-0.39, 0.29) is 0 Å². The van der Waals surface area contributed by atoms with Crippen molar-refractivity contribution < 1.29 is 9.52 Å². The molecule has 0 bridgehead atoms. The zero-order valence-electron chi connectivity index (χ0n) is 12.6. The van der Waals surface area contributed by atoms with Crippen LogP contribution in [0.2, 0.25) is 0 Å². The van der Waals surface area contributed by atoms with Crippen LogP contribution in [0.1, 0.15) is 38.7 Å². The Morgan fingerprint density at radius 1 is 1.47 bits per heavy atom. The van der Waals surface area contributed by atoms with Crippen LogP contribution in [0, 0.1) is 12.8 Å². The van der Waals surface area contributed by atoms with Crippen LogP contribution in [0.4, 0.5) is 0 Å². The van der Waals surface area contributed by atoms with Gasteiger partial charge in [-0.1, -0.05) is 19.9 Å². The molecule has 1 atom stereocenters. The lowest BCUT2D eigenvalue weighted by Crippen LogP contribution is -2.39. The summed E-state index contributed by atoms with van der Waals surface area (Å²) < 4.78 is 5.62. The monoisotopic (exact) mass is 265 g/mol. The number of rotatable bonds is 8. The topological polar surface area (TPSA) is 36.6 Å². The number of aliphatic hydroxyl groups is 1. The number of hydrogen-bond donors (Lipinski definition) is 1. The van der Waals surface area contributed by atoms with Gasteiger partial charge in [0.25, 0.3) is 0 Å². The largest absolute Gasteiger partial charge is 0.465 e. The Bertz CT molecular complexity index is 393. The fraction of sp³-hybridized carbons (Fsp3) is 0.625. The normalized spacial score (nSPS) is 14.9. The first kappa shape index (κ1) is 16.0. The van der Waals surface area contributed by atoms with Gasteiger partial charge in [-0.05, 0) is 44.9 Å². The summed E-state index contributed by atoms with van der Waals surface area (Å²) in [6.07, 6.45) is 2.70. The molecule has 3 nitrogen and oxygen atoms in total. The first-order chi connectivity index (χ1) is 8.82. The summed E-state index contributed by atoms with van der Waals surface area (Å²) in [5.41, 5.74) is -0.862. The lowest BCUT2D eigenvalue weighted by Gasteiger charge is -2.29. The Labute approximate surface area is 116 Å². The van der Waals surface area contributed by atoms with Crippen molar-refractivity contribution in [2.24, 2.45) is 5.92 Å². The summed E-state index contributed by atoms with van der Waals surface area (Å²) in [6, 6.07) is 3.97. The molecule has 0 saturated heterocycles. The summed E-state index contributed by atoms with van der Waals surface area (Å²) in [6.45, 7) is 14.1. The molecule has 0 aromatic carbocycles. The molecule has 1 aromatic rings. The molecule has 3 heteroatoms. The second kappa shape index (κ2) is 6.92. The molecular formula is C16H27NO2. The highest BCUT2D eigenvalue weighted by atomic mass is 16.3. The van der Waals surface area contributed by atoms with E-state index < -0.39 is 5.60 Å². The van der Waals surface area contributed by atoms with Gasteiger partial charge in [0.05, 0.1) is 12.1 Å². The van der Waals surface area contributed by atoms with Crippen LogP contribution < -0.4 is 0 Å². The van der Waals surface area contributed by atoms with E-state index in [9.17, 15) is 5.11 Å². The van der Waals surface area contributed by atoms with Gasteiger partial charge in [0.15, 0.2) is 0 Å². The first-order valence-corrected chi connectivity index (χ1v) is 6.96. The van der Waals surface area contributed by atoms with Crippen LogP contribution in [0.15, 0.2) is 29.2 Å². The van der Waals surface area contributed by atoms with Crippen LogP contribution in [0.3, 0.4) is 0 Å². The first-order valence-electron chi connectivity index (χ1n) is 6.96. The summed E-state index contributed by atoms with van der Waals surface area (Å²) in [5.74, 6) is 2.52. The molecule has 0 fully saturated rings. The van der Waals surface area contributed by atoms with E-state index in [1.807, 2.05) is 19.1 Å². The van der Waals surface area contributed by atoms with Crippen molar-refractivity contribution in [1.82, 2.24) is 4.90 Å². The minimum Gasteiger partial charge on any atom is -0.465 e. The quantitative estimate of drug-likeness (QED) is 0.732. The average molecular weight is 265 g/mol. The molecule has 0 aliphatic carbocycles. The minimum absolute atomic E-state index is 0.572. The molecule has 0 amide bonds. The zero-order valence-corrected chi connectivity index (χ0v) is 12.6. The molecule has 0 spiro atoms. The molecule has 0 saturated carbocycles. The van der Waals surface area contributed by atoms with Gasteiger partial charge in [0.1, 0.15) is 11.5 Å². The van der Waals surface area contributed by atoms with Gasteiger partial charge in [0, 0.05) is 6.54 Å². The maximum absolute atomic E-state index is 10.2. The molecular weight excluding hydrogens is 238 g/mol. The molecule has 1 rings (SSSR count). The smallest absolute Gasteiger partial charge is 0.118 e. The number of aryl methyl sites for hydroxylation is 1. The van der Waals surface area contributed by atoms with E-state index in [2.05, 4.69) is 25.3 Å². The van der Waals surface area contributed by atoms with Crippen molar-refractivity contribution in [1.29, 1.82) is 0 Å². The van der Waals surface area contributed by atoms with Crippen molar-refractivity contribution in [3.8, 4) is 0 Å². The molecule has 108 valence electrons. The maximum atomic E-state index is 10.2. The van der Waals surface area contributed by atoms with Crippen molar-refractivity contribution in [2.75, 3.05) is 13.1 Å². The fourth-order valence-corrected chi connectivity index (χ4v) is 1.96. The van der Waals surface area contributed by atoms with Gasteiger partial charge in [-0.15, -0.1) is 6.58 Å². The number of hydrogen-bond acceptors (Lipinski definition) is 3. The summed E-state index contributed by atoms with van der Waals surface area (Å²) in [7, 11) is 0. The molecule has 0 aliphatic rings. The van der Waals surface area contributed by atoms with Crippen LogP contribution >= 0.6 is 0 Å².